The fourth-order valence-corrected chi connectivity index (χ4v) is 3.36. The third-order valence-electron chi connectivity index (χ3n) is 4.74. The SMILES string of the molecule is I.NC(=NCc1ccnc(OC2CCCC2)c1)N1CCCCCC1. The minimum absolute atomic E-state index is 0. The lowest BCUT2D eigenvalue weighted by Crippen LogP contribution is -2.38. The third kappa shape index (κ3) is 5.79. The van der Waals surface area contributed by atoms with Crippen molar-refractivity contribution in [2.45, 2.75) is 64.0 Å². The highest BCUT2D eigenvalue weighted by Gasteiger charge is 2.17. The Labute approximate surface area is 162 Å². The molecule has 0 aromatic carbocycles. The van der Waals surface area contributed by atoms with Crippen LogP contribution >= 0.6 is 24.0 Å². The first-order valence-corrected chi connectivity index (χ1v) is 8.98. The quantitative estimate of drug-likeness (QED) is 0.437. The average Bonchev–Trinajstić information content (AvgIpc) is 2.92. The Balaban J connectivity index is 0.00000208. The number of halogens is 1. The van der Waals surface area contributed by atoms with E-state index < -0.39 is 0 Å². The predicted molar refractivity (Wildman–Crippen MR) is 108 cm³/mol. The predicted octanol–water partition coefficient (Wildman–Crippen LogP) is 3.71. The van der Waals surface area contributed by atoms with E-state index in [1.54, 1.807) is 6.20 Å². The molecule has 2 fully saturated rings. The molecule has 0 amide bonds. The van der Waals surface area contributed by atoms with Gasteiger partial charge in [0, 0.05) is 25.4 Å². The Morgan fingerprint density at radius 3 is 2.58 bits per heavy atom. The smallest absolute Gasteiger partial charge is 0.213 e. The summed E-state index contributed by atoms with van der Waals surface area (Å²) in [5.41, 5.74) is 7.27. The third-order valence-corrected chi connectivity index (χ3v) is 4.74. The van der Waals surface area contributed by atoms with Crippen molar-refractivity contribution in [2.75, 3.05) is 13.1 Å². The molecule has 3 rings (SSSR count). The van der Waals surface area contributed by atoms with Crippen LogP contribution < -0.4 is 10.5 Å². The van der Waals surface area contributed by atoms with E-state index in [2.05, 4.69) is 14.9 Å². The highest BCUT2D eigenvalue weighted by molar-refractivity contribution is 14.0. The van der Waals surface area contributed by atoms with Gasteiger partial charge in [-0.05, 0) is 50.2 Å². The molecule has 134 valence electrons. The molecule has 1 aliphatic carbocycles. The van der Waals surface area contributed by atoms with Crippen LogP contribution in [0, 0.1) is 0 Å². The molecule has 1 saturated carbocycles. The first-order valence-electron chi connectivity index (χ1n) is 8.98. The number of hydrogen-bond donors (Lipinski definition) is 1. The summed E-state index contributed by atoms with van der Waals surface area (Å²) >= 11 is 0. The van der Waals surface area contributed by atoms with Crippen LogP contribution in [0.25, 0.3) is 0 Å². The maximum atomic E-state index is 6.16. The minimum atomic E-state index is 0. The largest absolute Gasteiger partial charge is 0.474 e. The van der Waals surface area contributed by atoms with Gasteiger partial charge in [-0.25, -0.2) is 9.98 Å². The van der Waals surface area contributed by atoms with Gasteiger partial charge < -0.3 is 15.4 Å². The Kier molecular flexibility index (Phi) is 8.08. The molecule has 1 saturated heterocycles. The zero-order valence-corrected chi connectivity index (χ0v) is 16.7. The fraction of sp³-hybridized carbons (Fsp3) is 0.667. The Hall–Kier alpha value is -1.05. The monoisotopic (exact) mass is 444 g/mol. The zero-order valence-electron chi connectivity index (χ0n) is 14.3. The topological polar surface area (TPSA) is 63.7 Å². The molecule has 0 atom stereocenters. The highest BCUT2D eigenvalue weighted by atomic mass is 127. The summed E-state index contributed by atoms with van der Waals surface area (Å²) in [6, 6.07) is 3.98. The molecule has 1 aliphatic heterocycles. The van der Waals surface area contributed by atoms with Crippen LogP contribution in [0.4, 0.5) is 0 Å². The summed E-state index contributed by atoms with van der Waals surface area (Å²) in [6.07, 6.45) is 12.0. The molecule has 0 bridgehead atoms. The van der Waals surface area contributed by atoms with Crippen molar-refractivity contribution in [1.29, 1.82) is 0 Å². The molecule has 24 heavy (non-hydrogen) atoms. The Morgan fingerprint density at radius 1 is 1.17 bits per heavy atom. The van der Waals surface area contributed by atoms with E-state index in [1.807, 2.05) is 12.1 Å². The normalized spacial score (nSPS) is 19.7. The molecule has 0 radical (unpaired) electrons. The summed E-state index contributed by atoms with van der Waals surface area (Å²) in [5, 5.41) is 0. The lowest BCUT2D eigenvalue weighted by molar-refractivity contribution is 0.201. The fourth-order valence-electron chi connectivity index (χ4n) is 3.36. The molecule has 2 heterocycles. The van der Waals surface area contributed by atoms with Gasteiger partial charge in [-0.15, -0.1) is 24.0 Å². The molecule has 2 aliphatic rings. The van der Waals surface area contributed by atoms with Gasteiger partial charge in [-0.2, -0.15) is 0 Å². The zero-order chi connectivity index (χ0) is 15.9. The summed E-state index contributed by atoms with van der Waals surface area (Å²) in [5.74, 6) is 1.39. The van der Waals surface area contributed by atoms with Gasteiger partial charge in [0.1, 0.15) is 6.10 Å². The minimum Gasteiger partial charge on any atom is -0.474 e. The van der Waals surface area contributed by atoms with Crippen LogP contribution in [0.1, 0.15) is 56.9 Å². The van der Waals surface area contributed by atoms with Gasteiger partial charge in [0.2, 0.25) is 5.88 Å². The number of pyridine rings is 1. The van der Waals surface area contributed by atoms with E-state index in [9.17, 15) is 0 Å². The van der Waals surface area contributed by atoms with Gasteiger partial charge in [0.25, 0.3) is 0 Å². The number of guanidine groups is 1. The Morgan fingerprint density at radius 2 is 1.88 bits per heavy atom. The van der Waals surface area contributed by atoms with Crippen LogP contribution in [-0.4, -0.2) is 35.0 Å². The van der Waals surface area contributed by atoms with Crippen LogP contribution in [-0.2, 0) is 6.54 Å². The molecule has 1 aromatic rings. The molecule has 6 heteroatoms. The number of hydrogen-bond acceptors (Lipinski definition) is 3. The van der Waals surface area contributed by atoms with Gasteiger partial charge >= 0.3 is 0 Å². The number of aliphatic imine (C=N–C) groups is 1. The van der Waals surface area contributed by atoms with E-state index in [-0.39, 0.29) is 24.0 Å². The summed E-state index contributed by atoms with van der Waals surface area (Å²) in [4.78, 5) is 11.1. The number of aromatic nitrogens is 1. The van der Waals surface area contributed by atoms with Gasteiger partial charge in [-0.1, -0.05) is 12.8 Å². The number of rotatable bonds is 4. The van der Waals surface area contributed by atoms with Crippen molar-refractivity contribution >= 4 is 29.9 Å². The van der Waals surface area contributed by atoms with Crippen molar-refractivity contribution in [3.63, 3.8) is 0 Å². The number of nitrogens with zero attached hydrogens (tertiary/aromatic N) is 3. The van der Waals surface area contributed by atoms with Gasteiger partial charge in [-0.3, -0.25) is 0 Å². The van der Waals surface area contributed by atoms with Crippen molar-refractivity contribution < 1.29 is 4.74 Å². The van der Waals surface area contributed by atoms with Crippen molar-refractivity contribution in [3.05, 3.63) is 23.9 Å². The standard InChI is InChI=1S/C18H28N4O.HI/c19-18(22-11-5-1-2-6-12-22)21-14-15-9-10-20-17(13-15)23-16-7-3-4-8-16;/h9-10,13,16H,1-8,11-12,14H2,(H2,19,21);1H. The number of ether oxygens (including phenoxy) is 1. The second kappa shape index (κ2) is 10.1. The van der Waals surface area contributed by atoms with E-state index in [0.717, 1.165) is 37.4 Å². The average molecular weight is 444 g/mol. The number of likely N-dealkylation sites (tertiary alicyclic amines) is 1. The first kappa shape index (κ1) is 19.3. The summed E-state index contributed by atoms with van der Waals surface area (Å²) in [7, 11) is 0. The molecule has 0 spiro atoms. The van der Waals surface area contributed by atoms with Gasteiger partial charge in [0.05, 0.1) is 6.54 Å². The highest BCUT2D eigenvalue weighted by Crippen LogP contribution is 2.23. The van der Waals surface area contributed by atoms with E-state index in [4.69, 9.17) is 10.5 Å². The van der Waals surface area contributed by atoms with Gasteiger partial charge in [0.15, 0.2) is 5.96 Å². The molecular weight excluding hydrogens is 415 g/mol. The lowest BCUT2D eigenvalue weighted by Gasteiger charge is -2.21. The van der Waals surface area contributed by atoms with Crippen molar-refractivity contribution in [3.8, 4) is 5.88 Å². The lowest BCUT2D eigenvalue weighted by atomic mass is 10.2. The van der Waals surface area contributed by atoms with Crippen LogP contribution in [0.3, 0.4) is 0 Å². The molecule has 0 unspecified atom stereocenters. The van der Waals surface area contributed by atoms with Crippen LogP contribution in [0.15, 0.2) is 23.3 Å². The Bertz CT molecular complexity index is 524. The van der Waals surface area contributed by atoms with E-state index >= 15 is 0 Å². The second-order valence-corrected chi connectivity index (χ2v) is 6.60. The molecule has 2 N–H and O–H groups in total. The summed E-state index contributed by atoms with van der Waals surface area (Å²) < 4.78 is 5.95. The second-order valence-electron chi connectivity index (χ2n) is 6.60. The maximum Gasteiger partial charge on any atom is 0.213 e. The van der Waals surface area contributed by atoms with E-state index in [0.29, 0.717) is 18.6 Å². The molecular formula is C18H29IN4O. The molecule has 5 nitrogen and oxygen atoms in total. The van der Waals surface area contributed by atoms with Crippen LogP contribution in [0.2, 0.25) is 0 Å². The van der Waals surface area contributed by atoms with Crippen LogP contribution in [0.5, 0.6) is 5.88 Å². The van der Waals surface area contributed by atoms with Crippen molar-refractivity contribution in [2.24, 2.45) is 10.7 Å². The molecule has 1 aromatic heterocycles. The maximum absolute atomic E-state index is 6.16. The summed E-state index contributed by atoms with van der Waals surface area (Å²) in [6.45, 7) is 2.65. The van der Waals surface area contributed by atoms with E-state index in [1.165, 1.54) is 38.5 Å². The number of nitrogens with two attached hydrogens (primary N) is 1. The first-order chi connectivity index (χ1) is 11.3. The van der Waals surface area contributed by atoms with Crippen molar-refractivity contribution in [1.82, 2.24) is 9.88 Å².